The summed E-state index contributed by atoms with van der Waals surface area (Å²) in [7, 11) is 0. The molecule has 4 N–H and O–H groups in total. The van der Waals surface area contributed by atoms with Gasteiger partial charge in [0.25, 0.3) is 0 Å². The Labute approximate surface area is 105 Å². The summed E-state index contributed by atoms with van der Waals surface area (Å²) >= 11 is 0. The number of rotatable bonds is 2. The zero-order valence-electron chi connectivity index (χ0n) is 10.3. The molecule has 1 aliphatic rings. The number of nitrogens with one attached hydrogen (secondary N) is 2. The van der Waals surface area contributed by atoms with Crippen LogP contribution in [0.1, 0.15) is 13.3 Å². The van der Waals surface area contributed by atoms with Crippen LogP contribution in [0, 0.1) is 5.92 Å². The third kappa shape index (κ3) is 1.97. The van der Waals surface area contributed by atoms with Crippen LogP contribution in [0.25, 0.3) is 11.5 Å². The second-order valence-corrected chi connectivity index (χ2v) is 4.83. The normalized spacial score (nSPS) is 24.4. The Kier molecular flexibility index (Phi) is 2.75. The van der Waals surface area contributed by atoms with Crippen LogP contribution in [-0.2, 0) is 0 Å². The first-order chi connectivity index (χ1) is 8.74. The molecule has 2 aromatic rings. The van der Waals surface area contributed by atoms with Crippen molar-refractivity contribution in [1.82, 2.24) is 25.4 Å². The monoisotopic (exact) mass is 247 g/mol. The van der Waals surface area contributed by atoms with Crippen molar-refractivity contribution in [3.63, 3.8) is 0 Å². The first-order valence-electron chi connectivity index (χ1n) is 6.16. The molecule has 7 heteroatoms. The number of hydrogen-bond acceptors (Lipinski definition) is 5. The topological polar surface area (TPSA) is 99.5 Å². The third-order valence-corrected chi connectivity index (χ3v) is 3.53. The lowest BCUT2D eigenvalue weighted by atomic mass is 9.95. The van der Waals surface area contributed by atoms with E-state index in [9.17, 15) is 0 Å². The van der Waals surface area contributed by atoms with Crippen molar-refractivity contribution in [2.75, 3.05) is 18.0 Å². The van der Waals surface area contributed by atoms with E-state index in [1.54, 1.807) is 6.20 Å². The van der Waals surface area contributed by atoms with Crippen molar-refractivity contribution in [1.29, 1.82) is 0 Å². The van der Waals surface area contributed by atoms with E-state index in [1.807, 2.05) is 6.07 Å². The van der Waals surface area contributed by atoms with Crippen LogP contribution in [0.4, 0.5) is 5.95 Å². The second kappa shape index (κ2) is 4.41. The Morgan fingerprint density at radius 3 is 3.06 bits per heavy atom. The minimum Gasteiger partial charge on any atom is -0.338 e. The first-order valence-corrected chi connectivity index (χ1v) is 6.16. The van der Waals surface area contributed by atoms with Gasteiger partial charge in [0.05, 0.1) is 0 Å². The summed E-state index contributed by atoms with van der Waals surface area (Å²) < 4.78 is 0. The van der Waals surface area contributed by atoms with Crippen LogP contribution in [0.15, 0.2) is 12.3 Å². The van der Waals surface area contributed by atoms with E-state index in [2.05, 4.69) is 37.2 Å². The molecule has 0 bridgehead atoms. The van der Waals surface area contributed by atoms with Gasteiger partial charge in [-0.3, -0.25) is 10.2 Å². The summed E-state index contributed by atoms with van der Waals surface area (Å²) in [6.07, 6.45) is 2.77. The summed E-state index contributed by atoms with van der Waals surface area (Å²) in [6.45, 7) is 3.95. The fourth-order valence-corrected chi connectivity index (χ4v) is 2.18. The molecule has 7 nitrogen and oxygen atoms in total. The van der Waals surface area contributed by atoms with E-state index >= 15 is 0 Å². The van der Waals surface area contributed by atoms with Gasteiger partial charge < -0.3 is 10.6 Å². The minimum atomic E-state index is 0.188. The highest BCUT2D eigenvalue weighted by molar-refractivity contribution is 5.50. The molecule has 0 spiro atoms. The molecule has 96 valence electrons. The zero-order chi connectivity index (χ0) is 12.5. The maximum absolute atomic E-state index is 6.08. The van der Waals surface area contributed by atoms with Crippen molar-refractivity contribution in [3.8, 4) is 11.5 Å². The highest BCUT2D eigenvalue weighted by atomic mass is 15.4. The van der Waals surface area contributed by atoms with Crippen LogP contribution >= 0.6 is 0 Å². The van der Waals surface area contributed by atoms with Crippen molar-refractivity contribution in [2.24, 2.45) is 11.7 Å². The van der Waals surface area contributed by atoms with Crippen molar-refractivity contribution in [3.05, 3.63) is 12.3 Å². The van der Waals surface area contributed by atoms with Crippen LogP contribution in [0.3, 0.4) is 0 Å². The molecule has 3 heterocycles. The molecule has 0 aliphatic carbocycles. The number of piperidine rings is 1. The molecule has 0 aromatic carbocycles. The van der Waals surface area contributed by atoms with Gasteiger partial charge in [0.2, 0.25) is 5.95 Å². The van der Waals surface area contributed by atoms with Crippen LogP contribution < -0.4 is 10.6 Å². The van der Waals surface area contributed by atoms with Crippen molar-refractivity contribution < 1.29 is 0 Å². The fraction of sp³-hybridized carbons (Fsp3) is 0.545. The molecule has 3 rings (SSSR count). The number of nitrogens with zero attached hydrogens (tertiary/aromatic N) is 4. The Morgan fingerprint density at radius 2 is 2.33 bits per heavy atom. The molecule has 0 radical (unpaired) electrons. The maximum atomic E-state index is 6.08. The lowest BCUT2D eigenvalue weighted by Crippen LogP contribution is -2.48. The number of H-pyrrole nitrogens is 2. The zero-order valence-corrected chi connectivity index (χ0v) is 10.3. The van der Waals surface area contributed by atoms with Crippen molar-refractivity contribution in [2.45, 2.75) is 19.4 Å². The quantitative estimate of drug-likeness (QED) is 0.712. The van der Waals surface area contributed by atoms with Gasteiger partial charge >= 0.3 is 0 Å². The summed E-state index contributed by atoms with van der Waals surface area (Å²) in [5.74, 6) is 1.98. The van der Waals surface area contributed by atoms with E-state index < -0.39 is 0 Å². The standard InChI is InChI=1S/C11H17N7/c1-7-3-5-18(6-8(7)12)11-14-10(16-17-11)9-2-4-13-15-9/h2,4,7-8H,3,5-6,12H2,1H3,(H,13,15)(H,14,16,17). The molecular formula is C11H17N7. The molecule has 1 saturated heterocycles. The maximum Gasteiger partial charge on any atom is 0.245 e. The number of anilines is 1. The fourth-order valence-electron chi connectivity index (χ4n) is 2.18. The average molecular weight is 247 g/mol. The largest absolute Gasteiger partial charge is 0.338 e. The summed E-state index contributed by atoms with van der Waals surface area (Å²) in [6, 6.07) is 2.04. The highest BCUT2D eigenvalue weighted by Gasteiger charge is 2.25. The Morgan fingerprint density at radius 1 is 1.44 bits per heavy atom. The average Bonchev–Trinajstić information content (AvgIpc) is 3.01. The number of nitrogens with two attached hydrogens (primary N) is 1. The molecule has 2 atom stereocenters. The Hall–Kier alpha value is -1.89. The first kappa shape index (κ1) is 11.2. The van der Waals surface area contributed by atoms with Crippen LogP contribution in [0.5, 0.6) is 0 Å². The van der Waals surface area contributed by atoms with Gasteiger partial charge in [0.15, 0.2) is 5.82 Å². The highest BCUT2D eigenvalue weighted by Crippen LogP contribution is 2.21. The summed E-state index contributed by atoms with van der Waals surface area (Å²) in [5.41, 5.74) is 6.92. The lowest BCUT2D eigenvalue weighted by Gasteiger charge is -2.34. The molecule has 1 aliphatic heterocycles. The van der Waals surface area contributed by atoms with Crippen LogP contribution in [0.2, 0.25) is 0 Å². The second-order valence-electron chi connectivity index (χ2n) is 4.83. The van der Waals surface area contributed by atoms with E-state index in [1.165, 1.54) is 0 Å². The van der Waals surface area contributed by atoms with Crippen LogP contribution in [-0.4, -0.2) is 44.5 Å². The summed E-state index contributed by atoms with van der Waals surface area (Å²) in [4.78, 5) is 6.59. The van der Waals surface area contributed by atoms with E-state index in [-0.39, 0.29) is 6.04 Å². The summed E-state index contributed by atoms with van der Waals surface area (Å²) in [5, 5.41) is 13.9. The predicted molar refractivity (Wildman–Crippen MR) is 67.9 cm³/mol. The molecule has 2 unspecified atom stereocenters. The van der Waals surface area contributed by atoms with Gasteiger partial charge in [-0.15, -0.1) is 5.10 Å². The number of aromatic nitrogens is 5. The molecule has 18 heavy (non-hydrogen) atoms. The van der Waals surface area contributed by atoms with E-state index in [0.29, 0.717) is 17.7 Å². The SMILES string of the molecule is CC1CCN(c2n[nH]c(-c3ccn[nH]3)n2)CC1N. The van der Waals surface area contributed by atoms with E-state index in [0.717, 1.165) is 25.2 Å². The van der Waals surface area contributed by atoms with Gasteiger partial charge in [-0.1, -0.05) is 6.92 Å². The van der Waals surface area contributed by atoms with Gasteiger partial charge in [0, 0.05) is 25.3 Å². The molecule has 0 amide bonds. The predicted octanol–water partition coefficient (Wildman–Crippen LogP) is 0.368. The van der Waals surface area contributed by atoms with Gasteiger partial charge in [0.1, 0.15) is 5.69 Å². The molecular weight excluding hydrogens is 230 g/mol. The molecule has 1 fully saturated rings. The minimum absolute atomic E-state index is 0.188. The Bertz CT molecular complexity index is 503. The Balaban J connectivity index is 1.77. The van der Waals surface area contributed by atoms with Gasteiger partial charge in [-0.05, 0) is 18.4 Å². The number of hydrogen-bond donors (Lipinski definition) is 3. The smallest absolute Gasteiger partial charge is 0.245 e. The van der Waals surface area contributed by atoms with Crippen molar-refractivity contribution >= 4 is 5.95 Å². The molecule has 2 aromatic heterocycles. The lowest BCUT2D eigenvalue weighted by molar-refractivity contribution is 0.376. The number of aromatic amines is 2. The van der Waals surface area contributed by atoms with Gasteiger partial charge in [-0.25, -0.2) is 0 Å². The third-order valence-electron chi connectivity index (χ3n) is 3.53. The molecule has 0 saturated carbocycles. The van der Waals surface area contributed by atoms with E-state index in [4.69, 9.17) is 5.73 Å². The van der Waals surface area contributed by atoms with Gasteiger partial charge in [-0.2, -0.15) is 10.1 Å².